The van der Waals surface area contributed by atoms with Gasteiger partial charge in [-0.1, -0.05) is 90.1 Å². The molecule has 2 N–H and O–H groups in total. The van der Waals surface area contributed by atoms with E-state index >= 15 is 0 Å². The van der Waals surface area contributed by atoms with Gasteiger partial charge in [-0.15, -0.1) is 0 Å². The van der Waals surface area contributed by atoms with E-state index in [1.54, 1.807) is 0 Å². The van der Waals surface area contributed by atoms with Gasteiger partial charge in [0.25, 0.3) is 0 Å². The lowest BCUT2D eigenvalue weighted by Crippen LogP contribution is -2.22. The lowest BCUT2D eigenvalue weighted by Gasteiger charge is -2.12. The van der Waals surface area contributed by atoms with Crippen molar-refractivity contribution in [2.24, 2.45) is 0 Å². The van der Waals surface area contributed by atoms with E-state index in [1.807, 2.05) is 92.7 Å². The predicted octanol–water partition coefficient (Wildman–Crippen LogP) is 6.82. The number of anilines is 1. The summed E-state index contributed by atoms with van der Waals surface area (Å²) in [6.45, 7) is 3.82. The molecule has 31 heavy (non-hydrogen) atoms. The van der Waals surface area contributed by atoms with Gasteiger partial charge in [-0.3, -0.25) is 4.79 Å². The van der Waals surface area contributed by atoms with E-state index in [1.165, 1.54) is 11.8 Å². The zero-order chi connectivity index (χ0) is 21.8. The largest absolute Gasteiger partial charge is 0.332 e. The monoisotopic (exact) mass is 447 g/mol. The fourth-order valence-electron chi connectivity index (χ4n) is 3.20. The third-order valence-corrected chi connectivity index (χ3v) is 6.13. The molecular formula is C25H22ClN3OS. The molecule has 0 saturated heterocycles. The van der Waals surface area contributed by atoms with Gasteiger partial charge in [0.05, 0.1) is 27.3 Å². The fraction of sp³-hybridized carbons (Fsp3) is 0.120. The molecule has 1 amide bonds. The molecule has 3 aromatic carbocycles. The van der Waals surface area contributed by atoms with Gasteiger partial charge in [-0.05, 0) is 31.5 Å². The molecule has 1 heterocycles. The molecule has 1 atom stereocenters. The molecule has 6 heteroatoms. The van der Waals surface area contributed by atoms with Crippen molar-refractivity contribution in [3.8, 4) is 22.5 Å². The Morgan fingerprint density at radius 1 is 1.00 bits per heavy atom. The summed E-state index contributed by atoms with van der Waals surface area (Å²) in [6.07, 6.45) is 0. The summed E-state index contributed by atoms with van der Waals surface area (Å²) in [5.74, 6) is -0.130. The van der Waals surface area contributed by atoms with Crippen LogP contribution in [0, 0.1) is 6.92 Å². The van der Waals surface area contributed by atoms with Crippen molar-refractivity contribution in [1.82, 2.24) is 9.97 Å². The maximum absolute atomic E-state index is 12.8. The van der Waals surface area contributed by atoms with Crippen molar-refractivity contribution >= 4 is 35.0 Å². The van der Waals surface area contributed by atoms with Crippen LogP contribution in [0.25, 0.3) is 22.5 Å². The van der Waals surface area contributed by atoms with E-state index in [4.69, 9.17) is 16.6 Å². The summed E-state index contributed by atoms with van der Waals surface area (Å²) < 4.78 is 0. The van der Waals surface area contributed by atoms with Gasteiger partial charge >= 0.3 is 0 Å². The lowest BCUT2D eigenvalue weighted by atomic mass is 10.1. The van der Waals surface area contributed by atoms with Crippen molar-refractivity contribution in [3.63, 3.8) is 0 Å². The average Bonchev–Trinajstić information content (AvgIpc) is 3.20. The number of nitrogens with zero attached hydrogens (tertiary/aromatic N) is 1. The SMILES string of the molecule is Cc1ccc(NC(=O)C(C)Sc2nc(-c3ccccc3)c(-c3ccccc3)[nH]2)c(Cl)c1. The molecule has 1 aromatic heterocycles. The summed E-state index contributed by atoms with van der Waals surface area (Å²) in [6, 6.07) is 25.7. The van der Waals surface area contributed by atoms with Crippen LogP contribution in [-0.4, -0.2) is 21.1 Å². The Balaban J connectivity index is 1.58. The van der Waals surface area contributed by atoms with Gasteiger partial charge in [0.1, 0.15) is 0 Å². The highest BCUT2D eigenvalue weighted by Crippen LogP contribution is 2.34. The van der Waals surface area contributed by atoms with Crippen LogP contribution < -0.4 is 5.32 Å². The van der Waals surface area contributed by atoms with Crippen LogP contribution >= 0.6 is 23.4 Å². The van der Waals surface area contributed by atoms with E-state index in [0.29, 0.717) is 15.9 Å². The summed E-state index contributed by atoms with van der Waals surface area (Å²) in [5.41, 5.74) is 5.52. The summed E-state index contributed by atoms with van der Waals surface area (Å²) in [7, 11) is 0. The van der Waals surface area contributed by atoms with Crippen LogP contribution in [0.4, 0.5) is 5.69 Å². The first-order valence-electron chi connectivity index (χ1n) is 9.96. The third-order valence-electron chi connectivity index (χ3n) is 4.83. The molecule has 0 spiro atoms. The number of thioether (sulfide) groups is 1. The molecular weight excluding hydrogens is 426 g/mol. The van der Waals surface area contributed by atoms with E-state index in [0.717, 1.165) is 28.1 Å². The van der Waals surface area contributed by atoms with E-state index in [2.05, 4.69) is 10.3 Å². The minimum absolute atomic E-state index is 0.130. The van der Waals surface area contributed by atoms with E-state index in [-0.39, 0.29) is 11.2 Å². The summed E-state index contributed by atoms with van der Waals surface area (Å²) in [5, 5.41) is 3.76. The number of aryl methyl sites for hydroxylation is 1. The number of imidazole rings is 1. The van der Waals surface area contributed by atoms with Gasteiger partial charge in [-0.2, -0.15) is 0 Å². The van der Waals surface area contributed by atoms with Gasteiger partial charge in [0.2, 0.25) is 5.91 Å². The van der Waals surface area contributed by atoms with Crippen LogP contribution in [-0.2, 0) is 4.79 Å². The molecule has 1 unspecified atom stereocenters. The highest BCUT2D eigenvalue weighted by atomic mass is 35.5. The van der Waals surface area contributed by atoms with Crippen molar-refractivity contribution in [1.29, 1.82) is 0 Å². The number of rotatable bonds is 6. The number of halogens is 1. The zero-order valence-electron chi connectivity index (χ0n) is 17.2. The lowest BCUT2D eigenvalue weighted by molar-refractivity contribution is -0.115. The molecule has 0 aliphatic heterocycles. The number of aromatic amines is 1. The molecule has 0 aliphatic carbocycles. The second kappa shape index (κ2) is 9.41. The Hall–Kier alpha value is -3.02. The number of hydrogen-bond acceptors (Lipinski definition) is 3. The first-order valence-corrected chi connectivity index (χ1v) is 11.2. The molecule has 0 saturated carbocycles. The Morgan fingerprint density at radius 2 is 1.65 bits per heavy atom. The quantitative estimate of drug-likeness (QED) is 0.318. The number of nitrogens with one attached hydrogen (secondary N) is 2. The van der Waals surface area contributed by atoms with Gasteiger partial charge < -0.3 is 10.3 Å². The zero-order valence-corrected chi connectivity index (χ0v) is 18.8. The molecule has 0 radical (unpaired) electrons. The Morgan fingerprint density at radius 3 is 2.29 bits per heavy atom. The Labute approximate surface area is 191 Å². The highest BCUT2D eigenvalue weighted by molar-refractivity contribution is 8.00. The van der Waals surface area contributed by atoms with Gasteiger partial charge in [0, 0.05) is 11.1 Å². The molecule has 4 rings (SSSR count). The molecule has 0 aliphatic rings. The average molecular weight is 448 g/mol. The molecule has 4 nitrogen and oxygen atoms in total. The number of hydrogen-bond donors (Lipinski definition) is 2. The standard InChI is InChI=1S/C25H22ClN3OS/c1-16-13-14-21(20(26)15-16)27-24(30)17(2)31-25-28-22(18-9-5-3-6-10-18)23(29-25)19-11-7-4-8-12-19/h3-15,17H,1-2H3,(H,27,30)(H,28,29). The normalized spacial score (nSPS) is 11.8. The van der Waals surface area contributed by atoms with Crippen LogP contribution in [0.3, 0.4) is 0 Å². The smallest absolute Gasteiger partial charge is 0.237 e. The number of H-pyrrole nitrogens is 1. The first kappa shape index (κ1) is 21.2. The minimum atomic E-state index is -0.365. The number of benzene rings is 3. The van der Waals surface area contributed by atoms with E-state index < -0.39 is 0 Å². The number of carbonyl (C=O) groups is 1. The summed E-state index contributed by atoms with van der Waals surface area (Å²) in [4.78, 5) is 21.0. The third kappa shape index (κ3) is 5.01. The topological polar surface area (TPSA) is 57.8 Å². The van der Waals surface area contributed by atoms with Crippen molar-refractivity contribution in [3.05, 3.63) is 89.4 Å². The Kier molecular flexibility index (Phi) is 6.44. The van der Waals surface area contributed by atoms with Crippen molar-refractivity contribution < 1.29 is 4.79 Å². The number of carbonyl (C=O) groups excluding carboxylic acids is 1. The van der Waals surface area contributed by atoms with Crippen molar-refractivity contribution in [2.45, 2.75) is 24.3 Å². The maximum Gasteiger partial charge on any atom is 0.237 e. The minimum Gasteiger partial charge on any atom is -0.332 e. The van der Waals surface area contributed by atoms with Crippen molar-refractivity contribution in [2.75, 3.05) is 5.32 Å². The van der Waals surface area contributed by atoms with Crippen LogP contribution in [0.15, 0.2) is 84.0 Å². The number of aromatic nitrogens is 2. The second-order valence-electron chi connectivity index (χ2n) is 7.23. The van der Waals surface area contributed by atoms with Crippen LogP contribution in [0.2, 0.25) is 5.02 Å². The molecule has 4 aromatic rings. The molecule has 156 valence electrons. The fourth-order valence-corrected chi connectivity index (χ4v) is 4.29. The first-order chi connectivity index (χ1) is 15.0. The summed E-state index contributed by atoms with van der Waals surface area (Å²) >= 11 is 7.64. The maximum atomic E-state index is 12.8. The molecule has 0 fully saturated rings. The number of amides is 1. The predicted molar refractivity (Wildman–Crippen MR) is 130 cm³/mol. The highest BCUT2D eigenvalue weighted by Gasteiger charge is 2.20. The van der Waals surface area contributed by atoms with Crippen LogP contribution in [0.1, 0.15) is 12.5 Å². The van der Waals surface area contributed by atoms with Crippen LogP contribution in [0.5, 0.6) is 0 Å². The molecule has 0 bridgehead atoms. The second-order valence-corrected chi connectivity index (χ2v) is 8.97. The van der Waals surface area contributed by atoms with E-state index in [9.17, 15) is 4.79 Å². The van der Waals surface area contributed by atoms with Gasteiger partial charge in [-0.25, -0.2) is 4.98 Å². The van der Waals surface area contributed by atoms with Gasteiger partial charge in [0.15, 0.2) is 5.16 Å². The Bertz CT molecular complexity index is 1140.